The fourth-order valence-corrected chi connectivity index (χ4v) is 4.34. The lowest BCUT2D eigenvalue weighted by Crippen LogP contribution is -2.35. The van der Waals surface area contributed by atoms with Crippen LogP contribution in [-0.2, 0) is 19.6 Å². The molecule has 1 saturated heterocycles. The van der Waals surface area contributed by atoms with E-state index in [4.69, 9.17) is 16.3 Å². The number of carbonyl (C=O) groups is 2. The standard InChI is InChI=1S/C15H18ClNO5S/c1-11(18)10-22-15(19)12-5-6-13(16)14(9-12)23(20,21)17-7-3-2-4-8-17/h5-6,9H,2-4,7-8,10H2,1H3. The van der Waals surface area contributed by atoms with Crippen molar-refractivity contribution in [2.45, 2.75) is 31.1 Å². The van der Waals surface area contributed by atoms with Crippen molar-refractivity contribution in [3.8, 4) is 0 Å². The van der Waals surface area contributed by atoms with Crippen LogP contribution in [0.15, 0.2) is 23.1 Å². The highest BCUT2D eigenvalue weighted by molar-refractivity contribution is 7.89. The topological polar surface area (TPSA) is 80.8 Å². The second-order valence-corrected chi connectivity index (χ2v) is 7.70. The monoisotopic (exact) mass is 359 g/mol. The minimum absolute atomic E-state index is 0.0474. The van der Waals surface area contributed by atoms with Crippen molar-refractivity contribution >= 4 is 33.4 Å². The summed E-state index contributed by atoms with van der Waals surface area (Å²) in [6, 6.07) is 3.93. The summed E-state index contributed by atoms with van der Waals surface area (Å²) in [6.45, 7) is 1.83. The van der Waals surface area contributed by atoms with E-state index in [1.165, 1.54) is 29.4 Å². The summed E-state index contributed by atoms with van der Waals surface area (Å²) in [4.78, 5) is 22.6. The Kier molecular flexibility index (Phi) is 5.78. The highest BCUT2D eigenvalue weighted by atomic mass is 35.5. The number of carbonyl (C=O) groups excluding carboxylic acids is 2. The number of halogens is 1. The van der Waals surface area contributed by atoms with E-state index in [9.17, 15) is 18.0 Å². The molecular formula is C15H18ClNO5S. The number of nitrogens with zero attached hydrogens (tertiary/aromatic N) is 1. The van der Waals surface area contributed by atoms with Crippen LogP contribution in [0.2, 0.25) is 5.02 Å². The van der Waals surface area contributed by atoms with Gasteiger partial charge in [0, 0.05) is 13.1 Å². The molecule has 0 atom stereocenters. The van der Waals surface area contributed by atoms with Crippen molar-refractivity contribution in [2.24, 2.45) is 0 Å². The van der Waals surface area contributed by atoms with E-state index in [2.05, 4.69) is 0 Å². The van der Waals surface area contributed by atoms with E-state index in [0.717, 1.165) is 19.3 Å². The first-order valence-corrected chi connectivity index (χ1v) is 9.10. The van der Waals surface area contributed by atoms with E-state index in [1.807, 2.05) is 0 Å². The lowest BCUT2D eigenvalue weighted by Gasteiger charge is -2.26. The number of benzene rings is 1. The Morgan fingerprint density at radius 1 is 1.22 bits per heavy atom. The van der Waals surface area contributed by atoms with Crippen molar-refractivity contribution in [1.29, 1.82) is 0 Å². The number of rotatable bonds is 5. The van der Waals surface area contributed by atoms with E-state index in [-0.39, 0.29) is 27.9 Å². The summed E-state index contributed by atoms with van der Waals surface area (Å²) in [7, 11) is -3.75. The number of hydrogen-bond acceptors (Lipinski definition) is 5. The third kappa shape index (κ3) is 4.31. The molecule has 1 aromatic carbocycles. The van der Waals surface area contributed by atoms with E-state index in [1.54, 1.807) is 0 Å². The Hall–Kier alpha value is -1.44. The highest BCUT2D eigenvalue weighted by Gasteiger charge is 2.29. The van der Waals surface area contributed by atoms with Gasteiger partial charge in [0.15, 0.2) is 5.78 Å². The molecule has 1 aromatic rings. The van der Waals surface area contributed by atoms with Gasteiger partial charge in [-0.2, -0.15) is 4.31 Å². The summed E-state index contributed by atoms with van der Waals surface area (Å²) in [5.74, 6) is -1.06. The average molecular weight is 360 g/mol. The maximum Gasteiger partial charge on any atom is 0.338 e. The van der Waals surface area contributed by atoms with Crippen molar-refractivity contribution in [3.05, 3.63) is 28.8 Å². The molecule has 2 rings (SSSR count). The van der Waals surface area contributed by atoms with Gasteiger partial charge in [0.25, 0.3) is 0 Å². The van der Waals surface area contributed by atoms with Gasteiger partial charge in [-0.05, 0) is 38.0 Å². The van der Waals surface area contributed by atoms with Crippen LogP contribution in [0.1, 0.15) is 36.5 Å². The third-order valence-electron chi connectivity index (χ3n) is 3.51. The summed E-state index contributed by atoms with van der Waals surface area (Å²) >= 11 is 6.02. The molecule has 6 nitrogen and oxygen atoms in total. The van der Waals surface area contributed by atoms with Crippen molar-refractivity contribution < 1.29 is 22.7 Å². The first kappa shape index (κ1) is 17.9. The molecule has 0 aliphatic carbocycles. The Labute approximate surface area is 140 Å². The minimum Gasteiger partial charge on any atom is -0.454 e. The Bertz CT molecular complexity index is 711. The van der Waals surface area contributed by atoms with Gasteiger partial charge < -0.3 is 4.74 Å². The lowest BCUT2D eigenvalue weighted by atomic mass is 10.2. The molecule has 8 heteroatoms. The predicted octanol–water partition coefficient (Wildman–Crippen LogP) is 2.26. The second kappa shape index (κ2) is 7.42. The van der Waals surface area contributed by atoms with Gasteiger partial charge in [-0.25, -0.2) is 13.2 Å². The highest BCUT2D eigenvalue weighted by Crippen LogP contribution is 2.28. The number of hydrogen-bond donors (Lipinski definition) is 0. The molecule has 0 N–H and O–H groups in total. The van der Waals surface area contributed by atoms with Crippen LogP contribution >= 0.6 is 11.6 Å². The molecular weight excluding hydrogens is 342 g/mol. The molecule has 0 radical (unpaired) electrons. The number of piperidine rings is 1. The fourth-order valence-electron chi connectivity index (χ4n) is 2.32. The Morgan fingerprint density at radius 2 is 1.87 bits per heavy atom. The van der Waals surface area contributed by atoms with Crippen LogP contribution in [0.5, 0.6) is 0 Å². The molecule has 1 heterocycles. The number of sulfonamides is 1. The van der Waals surface area contributed by atoms with Crippen LogP contribution in [0, 0.1) is 0 Å². The predicted molar refractivity (Wildman–Crippen MR) is 85.0 cm³/mol. The maximum atomic E-state index is 12.7. The van der Waals surface area contributed by atoms with Crippen LogP contribution in [0.4, 0.5) is 0 Å². The van der Waals surface area contributed by atoms with Crippen LogP contribution in [0.25, 0.3) is 0 Å². The van der Waals surface area contributed by atoms with Gasteiger partial charge in [-0.1, -0.05) is 18.0 Å². The first-order valence-electron chi connectivity index (χ1n) is 7.28. The van der Waals surface area contributed by atoms with Crippen LogP contribution < -0.4 is 0 Å². The van der Waals surface area contributed by atoms with Crippen molar-refractivity contribution in [2.75, 3.05) is 19.7 Å². The molecule has 0 saturated carbocycles. The molecule has 0 amide bonds. The van der Waals surface area contributed by atoms with Gasteiger partial charge in [-0.3, -0.25) is 4.79 Å². The van der Waals surface area contributed by atoms with Crippen molar-refractivity contribution in [3.63, 3.8) is 0 Å². The van der Waals surface area contributed by atoms with Crippen molar-refractivity contribution in [1.82, 2.24) is 4.31 Å². The zero-order chi connectivity index (χ0) is 17.0. The minimum atomic E-state index is -3.75. The zero-order valence-electron chi connectivity index (χ0n) is 12.7. The first-order chi connectivity index (χ1) is 10.8. The molecule has 1 aliphatic rings. The third-order valence-corrected chi connectivity index (χ3v) is 5.89. The maximum absolute atomic E-state index is 12.7. The average Bonchev–Trinajstić information content (AvgIpc) is 2.53. The Morgan fingerprint density at radius 3 is 2.48 bits per heavy atom. The molecule has 0 spiro atoms. The van der Waals surface area contributed by atoms with E-state index in [0.29, 0.717) is 13.1 Å². The molecule has 1 aliphatic heterocycles. The fraction of sp³-hybridized carbons (Fsp3) is 0.467. The number of esters is 1. The van der Waals surface area contributed by atoms with Crippen LogP contribution in [-0.4, -0.2) is 44.2 Å². The molecule has 23 heavy (non-hydrogen) atoms. The largest absolute Gasteiger partial charge is 0.454 e. The summed E-state index contributed by atoms with van der Waals surface area (Å²) in [6.07, 6.45) is 2.60. The SMILES string of the molecule is CC(=O)COC(=O)c1ccc(Cl)c(S(=O)(=O)N2CCCCC2)c1. The van der Waals surface area contributed by atoms with Gasteiger partial charge in [0.1, 0.15) is 11.5 Å². The molecule has 1 fully saturated rings. The second-order valence-electron chi connectivity index (χ2n) is 5.39. The smallest absolute Gasteiger partial charge is 0.338 e. The van der Waals surface area contributed by atoms with Gasteiger partial charge in [0.05, 0.1) is 10.6 Å². The summed E-state index contributed by atoms with van der Waals surface area (Å²) in [5.41, 5.74) is 0.0474. The van der Waals surface area contributed by atoms with Crippen LogP contribution in [0.3, 0.4) is 0 Å². The van der Waals surface area contributed by atoms with E-state index >= 15 is 0 Å². The quantitative estimate of drug-likeness (QED) is 0.753. The van der Waals surface area contributed by atoms with Gasteiger partial charge >= 0.3 is 5.97 Å². The summed E-state index contributed by atoms with van der Waals surface area (Å²) < 4.78 is 31.5. The number of ketones is 1. The molecule has 126 valence electrons. The summed E-state index contributed by atoms with van der Waals surface area (Å²) in [5, 5.41) is 0.0543. The molecule has 0 unspecified atom stereocenters. The normalized spacial score (nSPS) is 16.1. The number of ether oxygens (including phenoxy) is 1. The lowest BCUT2D eigenvalue weighted by molar-refractivity contribution is -0.120. The van der Waals surface area contributed by atoms with Gasteiger partial charge in [-0.15, -0.1) is 0 Å². The van der Waals surface area contributed by atoms with Gasteiger partial charge in [0.2, 0.25) is 10.0 Å². The molecule has 0 bridgehead atoms. The Balaban J connectivity index is 2.29. The zero-order valence-corrected chi connectivity index (χ0v) is 14.3. The number of Topliss-reactive ketones (excluding diaryl/α,β-unsaturated/α-hetero) is 1. The van der Waals surface area contributed by atoms with E-state index < -0.39 is 16.0 Å². The molecule has 0 aromatic heterocycles.